The van der Waals surface area contributed by atoms with Crippen LogP contribution in [-0.2, 0) is 19.1 Å². The van der Waals surface area contributed by atoms with Gasteiger partial charge in [-0.2, -0.15) is 0 Å². The summed E-state index contributed by atoms with van der Waals surface area (Å²) >= 11 is 1.59. The van der Waals surface area contributed by atoms with Crippen molar-refractivity contribution in [2.24, 2.45) is 0 Å². The number of carbonyl (C=O) groups is 4. The van der Waals surface area contributed by atoms with Gasteiger partial charge in [-0.25, -0.2) is 14.4 Å². The van der Waals surface area contributed by atoms with Crippen LogP contribution in [0, 0.1) is 0 Å². The van der Waals surface area contributed by atoms with Crippen LogP contribution in [0.2, 0.25) is 0 Å². The summed E-state index contributed by atoms with van der Waals surface area (Å²) in [6.45, 7) is 1.60. The van der Waals surface area contributed by atoms with Crippen LogP contribution in [0.1, 0.15) is 28.9 Å². The summed E-state index contributed by atoms with van der Waals surface area (Å²) in [5.41, 5.74) is 2.27. The van der Waals surface area contributed by atoms with Gasteiger partial charge in [0.25, 0.3) is 0 Å². The predicted molar refractivity (Wildman–Crippen MR) is 125 cm³/mol. The van der Waals surface area contributed by atoms with Crippen LogP contribution >= 0.6 is 11.8 Å². The first-order valence-corrected chi connectivity index (χ1v) is 11.8. The zero-order valence-electron chi connectivity index (χ0n) is 18.6. The lowest BCUT2D eigenvalue weighted by molar-refractivity contribution is -0.136. The number of nitrogens with zero attached hydrogens (tertiary/aromatic N) is 1. The van der Waals surface area contributed by atoms with Crippen molar-refractivity contribution in [1.29, 1.82) is 0 Å². The van der Waals surface area contributed by atoms with Crippen molar-refractivity contribution in [3.8, 4) is 0 Å². The van der Waals surface area contributed by atoms with E-state index in [1.807, 2.05) is 30.5 Å². The molecular formula is C24H23N3O6S. The molecule has 2 aromatic rings. The fraction of sp³-hybridized carbons (Fsp3) is 0.250. The number of ether oxygens (including phenoxy) is 2. The van der Waals surface area contributed by atoms with E-state index in [1.54, 1.807) is 30.8 Å². The minimum atomic E-state index is -0.650. The number of cyclic esters (lactones) is 1. The first-order chi connectivity index (χ1) is 16.4. The predicted octanol–water partition coefficient (Wildman–Crippen LogP) is 3.10. The Labute approximate surface area is 200 Å². The van der Waals surface area contributed by atoms with Gasteiger partial charge in [-0.1, -0.05) is 12.1 Å². The molecule has 1 atom stereocenters. The van der Waals surface area contributed by atoms with Crippen LogP contribution in [0.4, 0.5) is 10.5 Å². The van der Waals surface area contributed by atoms with E-state index in [0.29, 0.717) is 22.5 Å². The molecule has 9 nitrogen and oxygen atoms in total. The van der Waals surface area contributed by atoms with Gasteiger partial charge >= 0.3 is 18.0 Å². The van der Waals surface area contributed by atoms with Gasteiger partial charge in [-0.05, 0) is 55.1 Å². The first kappa shape index (κ1) is 23.4. The van der Waals surface area contributed by atoms with Crippen molar-refractivity contribution in [3.63, 3.8) is 0 Å². The van der Waals surface area contributed by atoms with E-state index in [9.17, 15) is 19.2 Å². The molecule has 2 N–H and O–H groups in total. The van der Waals surface area contributed by atoms with Crippen molar-refractivity contribution in [2.45, 2.75) is 17.9 Å². The van der Waals surface area contributed by atoms with Crippen LogP contribution in [0.3, 0.4) is 0 Å². The zero-order valence-corrected chi connectivity index (χ0v) is 19.4. The van der Waals surface area contributed by atoms with Crippen molar-refractivity contribution in [2.75, 3.05) is 31.3 Å². The maximum atomic E-state index is 12.9. The van der Waals surface area contributed by atoms with Crippen LogP contribution in [0.5, 0.6) is 0 Å². The molecule has 3 amide bonds. The third kappa shape index (κ3) is 4.76. The summed E-state index contributed by atoms with van der Waals surface area (Å²) in [4.78, 5) is 52.1. The molecule has 10 heteroatoms. The van der Waals surface area contributed by atoms with Gasteiger partial charge in [-0.3, -0.25) is 9.69 Å². The Hall–Kier alpha value is -3.79. The summed E-state index contributed by atoms with van der Waals surface area (Å²) in [6, 6.07) is 12.6. The number of amides is 3. The standard InChI is InChI=1S/C24H23N3O6S/c1-3-32-22(29)15-4-8-16(9-5-15)25-19(28)12-27-18-13-33-23(30)20(18)21(26-24(27)31)14-6-10-17(34-2)11-7-14/h4-11,21H,3,12-13H2,1-2H3,(H,25,28)(H,26,31)/t21-/m0/s1. The average Bonchev–Trinajstić information content (AvgIpc) is 3.23. The Bertz CT molecular complexity index is 1160. The Morgan fingerprint density at radius 2 is 1.85 bits per heavy atom. The molecule has 0 bridgehead atoms. The lowest BCUT2D eigenvalue weighted by Crippen LogP contribution is -2.49. The highest BCUT2D eigenvalue weighted by atomic mass is 32.2. The number of urea groups is 1. The number of anilines is 1. The molecule has 0 fully saturated rings. The van der Waals surface area contributed by atoms with E-state index in [0.717, 1.165) is 10.5 Å². The van der Waals surface area contributed by atoms with E-state index in [2.05, 4.69) is 10.6 Å². The smallest absolute Gasteiger partial charge is 0.338 e. The number of nitrogens with one attached hydrogen (secondary N) is 2. The number of hydrogen-bond donors (Lipinski definition) is 2. The van der Waals surface area contributed by atoms with Crippen molar-refractivity contribution in [1.82, 2.24) is 10.2 Å². The summed E-state index contributed by atoms with van der Waals surface area (Å²) in [6.07, 6.45) is 1.96. The molecule has 2 aliphatic rings. The third-order valence-electron chi connectivity index (χ3n) is 5.43. The van der Waals surface area contributed by atoms with Crippen LogP contribution < -0.4 is 10.6 Å². The summed E-state index contributed by atoms with van der Waals surface area (Å²) in [5, 5.41) is 5.50. The number of thioether (sulfide) groups is 1. The molecule has 0 saturated heterocycles. The minimum Gasteiger partial charge on any atom is -0.462 e. The van der Waals surface area contributed by atoms with Crippen molar-refractivity contribution >= 4 is 41.3 Å². The molecule has 0 spiro atoms. The topological polar surface area (TPSA) is 114 Å². The number of carbonyl (C=O) groups excluding carboxylic acids is 4. The molecule has 0 saturated carbocycles. The van der Waals surface area contributed by atoms with Gasteiger partial charge < -0.3 is 20.1 Å². The van der Waals surface area contributed by atoms with Gasteiger partial charge in [0.05, 0.1) is 29.5 Å². The monoisotopic (exact) mass is 481 g/mol. The average molecular weight is 482 g/mol. The van der Waals surface area contributed by atoms with Gasteiger partial charge in [0, 0.05) is 10.6 Å². The van der Waals surface area contributed by atoms with Crippen molar-refractivity contribution in [3.05, 3.63) is 70.9 Å². The molecule has 0 aromatic heterocycles. The maximum absolute atomic E-state index is 12.9. The lowest BCUT2D eigenvalue weighted by atomic mass is 9.96. The summed E-state index contributed by atoms with van der Waals surface area (Å²) in [7, 11) is 0. The number of hydrogen-bond acceptors (Lipinski definition) is 7. The fourth-order valence-electron chi connectivity index (χ4n) is 3.77. The summed E-state index contributed by atoms with van der Waals surface area (Å²) in [5.74, 6) is -1.43. The van der Waals surface area contributed by atoms with E-state index >= 15 is 0 Å². The largest absolute Gasteiger partial charge is 0.462 e. The van der Waals surface area contributed by atoms with Gasteiger partial charge in [0.15, 0.2) is 0 Å². The van der Waals surface area contributed by atoms with Gasteiger partial charge in [0.2, 0.25) is 5.91 Å². The highest BCUT2D eigenvalue weighted by molar-refractivity contribution is 7.98. The lowest BCUT2D eigenvalue weighted by Gasteiger charge is -2.32. The molecule has 0 unspecified atom stereocenters. The molecule has 176 valence electrons. The molecular weight excluding hydrogens is 458 g/mol. The molecule has 4 rings (SSSR count). The van der Waals surface area contributed by atoms with E-state index in [-0.39, 0.29) is 19.8 Å². The number of benzene rings is 2. The highest BCUT2D eigenvalue weighted by Gasteiger charge is 2.42. The highest BCUT2D eigenvalue weighted by Crippen LogP contribution is 2.35. The Kier molecular flexibility index (Phi) is 6.87. The Morgan fingerprint density at radius 3 is 2.50 bits per heavy atom. The second kappa shape index (κ2) is 10.0. The fourth-order valence-corrected chi connectivity index (χ4v) is 4.18. The van der Waals surface area contributed by atoms with Crippen LogP contribution in [-0.4, -0.2) is 54.8 Å². The molecule has 0 radical (unpaired) electrons. The second-order valence-electron chi connectivity index (χ2n) is 7.52. The molecule has 34 heavy (non-hydrogen) atoms. The normalized spacial score (nSPS) is 17.1. The SMILES string of the molecule is CCOC(=O)c1ccc(NC(=O)CN2C(=O)N[C@@H](c3ccc(SC)cc3)C3=C2COC3=O)cc1. The molecule has 2 aliphatic heterocycles. The Balaban J connectivity index is 1.49. The van der Waals surface area contributed by atoms with E-state index < -0.39 is 29.9 Å². The first-order valence-electron chi connectivity index (χ1n) is 10.6. The number of esters is 2. The second-order valence-corrected chi connectivity index (χ2v) is 8.40. The molecule has 2 aromatic carbocycles. The van der Waals surface area contributed by atoms with Gasteiger partial charge in [-0.15, -0.1) is 11.8 Å². The number of rotatable bonds is 7. The van der Waals surface area contributed by atoms with Gasteiger partial charge in [0.1, 0.15) is 13.2 Å². The summed E-state index contributed by atoms with van der Waals surface area (Å²) < 4.78 is 10.1. The molecule has 0 aliphatic carbocycles. The van der Waals surface area contributed by atoms with Crippen molar-refractivity contribution < 1.29 is 28.7 Å². The third-order valence-corrected chi connectivity index (χ3v) is 6.17. The van der Waals surface area contributed by atoms with E-state index in [1.165, 1.54) is 17.0 Å². The zero-order chi connectivity index (χ0) is 24.2. The van der Waals surface area contributed by atoms with Crippen LogP contribution in [0.25, 0.3) is 0 Å². The maximum Gasteiger partial charge on any atom is 0.338 e. The molecule has 2 heterocycles. The van der Waals surface area contributed by atoms with E-state index in [4.69, 9.17) is 9.47 Å². The van der Waals surface area contributed by atoms with Crippen LogP contribution in [0.15, 0.2) is 64.7 Å². The quantitative estimate of drug-likeness (QED) is 0.461. The Morgan fingerprint density at radius 1 is 1.15 bits per heavy atom. The minimum absolute atomic E-state index is 0.0809.